The fourth-order valence-electron chi connectivity index (χ4n) is 3.40. The molecule has 1 fully saturated rings. The highest BCUT2D eigenvalue weighted by Crippen LogP contribution is 2.36. The van der Waals surface area contributed by atoms with Crippen LogP contribution in [-0.2, 0) is 9.53 Å². The first-order valence-electron chi connectivity index (χ1n) is 9.56. The summed E-state index contributed by atoms with van der Waals surface area (Å²) < 4.78 is 5.24. The van der Waals surface area contributed by atoms with E-state index in [-0.39, 0.29) is 23.5 Å². The van der Waals surface area contributed by atoms with Crippen LogP contribution in [-0.4, -0.2) is 23.6 Å². The number of nitrogens with one attached hydrogen (secondary N) is 2. The van der Waals surface area contributed by atoms with Gasteiger partial charge in [0.2, 0.25) is 5.91 Å². The van der Waals surface area contributed by atoms with E-state index < -0.39 is 5.97 Å². The normalized spacial score (nSPS) is 14.3. The van der Waals surface area contributed by atoms with Crippen LogP contribution in [0.3, 0.4) is 0 Å². The van der Waals surface area contributed by atoms with Crippen LogP contribution in [0.25, 0.3) is 11.1 Å². The second-order valence-corrected chi connectivity index (χ2v) is 8.01. The summed E-state index contributed by atoms with van der Waals surface area (Å²) in [6.45, 7) is 2.06. The lowest BCUT2D eigenvalue weighted by molar-refractivity contribution is -0.124. The minimum absolute atomic E-state index is 0.0150. The summed E-state index contributed by atoms with van der Waals surface area (Å²) >= 11 is 6.70. The molecule has 1 aliphatic rings. The molecule has 1 aliphatic carbocycles. The van der Waals surface area contributed by atoms with E-state index in [1.165, 1.54) is 17.8 Å². The second-order valence-electron chi connectivity index (χ2n) is 6.72. The number of rotatable bonds is 5. The van der Waals surface area contributed by atoms with Crippen molar-refractivity contribution in [3.8, 4) is 11.1 Å². The number of anilines is 1. The predicted octanol–water partition coefficient (Wildman–Crippen LogP) is 4.99. The van der Waals surface area contributed by atoms with Crippen molar-refractivity contribution in [1.82, 2.24) is 5.32 Å². The van der Waals surface area contributed by atoms with Gasteiger partial charge in [-0.1, -0.05) is 49.6 Å². The molecule has 3 rings (SSSR count). The molecule has 0 bridgehead atoms. The maximum atomic E-state index is 12.6. The molecule has 2 N–H and O–H groups in total. The summed E-state index contributed by atoms with van der Waals surface area (Å²) in [6.07, 6.45) is 5.15. The van der Waals surface area contributed by atoms with E-state index in [1.807, 2.05) is 35.7 Å². The molecule has 5 nitrogen and oxygen atoms in total. The van der Waals surface area contributed by atoms with Gasteiger partial charge in [0.05, 0.1) is 6.61 Å². The van der Waals surface area contributed by atoms with Gasteiger partial charge in [0.15, 0.2) is 5.11 Å². The quantitative estimate of drug-likeness (QED) is 0.531. The third kappa shape index (κ3) is 4.97. The minimum Gasteiger partial charge on any atom is -0.462 e. The molecule has 0 atom stereocenters. The van der Waals surface area contributed by atoms with Gasteiger partial charge in [0.1, 0.15) is 10.6 Å². The van der Waals surface area contributed by atoms with Gasteiger partial charge in [-0.3, -0.25) is 4.79 Å². The maximum Gasteiger partial charge on any atom is 0.341 e. The fourth-order valence-corrected chi connectivity index (χ4v) is 4.63. The van der Waals surface area contributed by atoms with E-state index in [4.69, 9.17) is 17.0 Å². The Morgan fingerprint density at radius 1 is 1.18 bits per heavy atom. The van der Waals surface area contributed by atoms with Crippen LogP contribution >= 0.6 is 23.6 Å². The molecular weight excluding hydrogens is 392 g/mol. The fraction of sp³-hybridized carbons (Fsp3) is 0.381. The second kappa shape index (κ2) is 9.80. The van der Waals surface area contributed by atoms with Crippen LogP contribution in [0, 0.1) is 5.92 Å². The van der Waals surface area contributed by atoms with Gasteiger partial charge < -0.3 is 15.4 Å². The van der Waals surface area contributed by atoms with Crippen molar-refractivity contribution in [3.63, 3.8) is 0 Å². The Morgan fingerprint density at radius 2 is 1.89 bits per heavy atom. The lowest BCUT2D eigenvalue weighted by Crippen LogP contribution is -2.39. The standard InChI is InChI=1S/C21H24N2O3S2/c1-2-26-20(25)17-16(14-9-5-3-6-10-14)13-28-19(17)23-21(27)22-18(24)15-11-7-4-8-12-15/h3,5-6,9-10,13,15H,2,4,7-8,11-12H2,1H3,(H2,22,23,24,27). The largest absolute Gasteiger partial charge is 0.462 e. The van der Waals surface area contributed by atoms with E-state index in [0.29, 0.717) is 10.6 Å². The van der Waals surface area contributed by atoms with Gasteiger partial charge >= 0.3 is 5.97 Å². The Labute approximate surface area is 174 Å². The summed E-state index contributed by atoms with van der Waals surface area (Å²) in [5, 5.41) is 8.49. The minimum atomic E-state index is -0.411. The number of esters is 1. The van der Waals surface area contributed by atoms with Crippen molar-refractivity contribution in [2.24, 2.45) is 5.92 Å². The van der Waals surface area contributed by atoms with E-state index in [1.54, 1.807) is 6.92 Å². The average Bonchev–Trinajstić information content (AvgIpc) is 3.13. The summed E-state index contributed by atoms with van der Waals surface area (Å²) in [6, 6.07) is 9.65. The molecule has 0 spiro atoms. The lowest BCUT2D eigenvalue weighted by Gasteiger charge is -2.21. The topological polar surface area (TPSA) is 67.4 Å². The van der Waals surface area contributed by atoms with Gasteiger partial charge in [0, 0.05) is 16.9 Å². The molecule has 148 valence electrons. The van der Waals surface area contributed by atoms with Gasteiger partial charge in [-0.25, -0.2) is 4.79 Å². The van der Waals surface area contributed by atoms with E-state index in [2.05, 4.69) is 10.6 Å². The summed E-state index contributed by atoms with van der Waals surface area (Å²) in [7, 11) is 0. The van der Waals surface area contributed by atoms with Crippen LogP contribution in [0.2, 0.25) is 0 Å². The summed E-state index contributed by atoms with van der Waals surface area (Å²) in [5.41, 5.74) is 2.15. The van der Waals surface area contributed by atoms with Crippen molar-refractivity contribution < 1.29 is 14.3 Å². The zero-order valence-corrected chi connectivity index (χ0v) is 17.5. The smallest absolute Gasteiger partial charge is 0.341 e. The maximum absolute atomic E-state index is 12.6. The molecule has 1 aromatic heterocycles. The number of carbonyl (C=O) groups is 2. The molecule has 0 unspecified atom stereocenters. The molecule has 7 heteroatoms. The zero-order valence-electron chi connectivity index (χ0n) is 15.8. The number of carbonyl (C=O) groups excluding carboxylic acids is 2. The third-order valence-electron chi connectivity index (χ3n) is 4.80. The van der Waals surface area contributed by atoms with Crippen molar-refractivity contribution >= 4 is 45.5 Å². The van der Waals surface area contributed by atoms with Crippen molar-refractivity contribution in [1.29, 1.82) is 0 Å². The first-order valence-corrected chi connectivity index (χ1v) is 10.8. The van der Waals surface area contributed by atoms with E-state index >= 15 is 0 Å². The van der Waals surface area contributed by atoms with E-state index in [9.17, 15) is 9.59 Å². The Balaban J connectivity index is 1.77. The van der Waals surface area contributed by atoms with Crippen LogP contribution in [0.4, 0.5) is 5.00 Å². The Kier molecular flexibility index (Phi) is 7.17. The van der Waals surface area contributed by atoms with Crippen molar-refractivity contribution in [2.75, 3.05) is 11.9 Å². The Hall–Kier alpha value is -2.25. The zero-order chi connectivity index (χ0) is 19.9. The van der Waals surface area contributed by atoms with Crippen LogP contribution in [0.5, 0.6) is 0 Å². The number of thiocarbonyl (C=S) groups is 1. The molecule has 1 saturated carbocycles. The molecule has 2 aromatic rings. The number of amides is 1. The van der Waals surface area contributed by atoms with Crippen LogP contribution in [0.15, 0.2) is 35.7 Å². The monoisotopic (exact) mass is 416 g/mol. The number of hydrogen-bond donors (Lipinski definition) is 2. The highest BCUT2D eigenvalue weighted by molar-refractivity contribution is 7.80. The van der Waals surface area contributed by atoms with Crippen molar-refractivity contribution in [2.45, 2.75) is 39.0 Å². The third-order valence-corrected chi connectivity index (χ3v) is 5.89. The molecule has 1 amide bonds. The molecule has 1 aromatic carbocycles. The average molecular weight is 417 g/mol. The lowest BCUT2D eigenvalue weighted by atomic mass is 9.89. The highest BCUT2D eigenvalue weighted by atomic mass is 32.1. The SMILES string of the molecule is CCOC(=O)c1c(-c2ccccc2)csc1NC(=S)NC(=O)C1CCCCC1. The predicted molar refractivity (Wildman–Crippen MR) is 117 cm³/mol. The van der Waals surface area contributed by atoms with Gasteiger partial charge in [-0.05, 0) is 37.5 Å². The van der Waals surface area contributed by atoms with Crippen molar-refractivity contribution in [3.05, 3.63) is 41.3 Å². The Morgan fingerprint density at radius 3 is 2.57 bits per heavy atom. The number of ether oxygens (including phenoxy) is 1. The number of benzene rings is 1. The molecule has 0 saturated heterocycles. The molecule has 28 heavy (non-hydrogen) atoms. The van der Waals surface area contributed by atoms with Gasteiger partial charge in [-0.15, -0.1) is 11.3 Å². The number of thiophene rings is 1. The van der Waals surface area contributed by atoms with Gasteiger partial charge in [-0.2, -0.15) is 0 Å². The summed E-state index contributed by atoms with van der Waals surface area (Å²) in [4.78, 5) is 25.0. The highest BCUT2D eigenvalue weighted by Gasteiger charge is 2.24. The van der Waals surface area contributed by atoms with Crippen LogP contribution in [0.1, 0.15) is 49.4 Å². The molecular formula is C21H24N2O3S2. The molecule has 1 heterocycles. The molecule has 0 aliphatic heterocycles. The van der Waals surface area contributed by atoms with Gasteiger partial charge in [0.25, 0.3) is 0 Å². The van der Waals surface area contributed by atoms with E-state index in [0.717, 1.165) is 36.8 Å². The molecule has 0 radical (unpaired) electrons. The first kappa shape index (κ1) is 20.5. The first-order chi connectivity index (χ1) is 13.6. The Bertz CT molecular complexity index is 843. The van der Waals surface area contributed by atoms with Crippen LogP contribution < -0.4 is 10.6 Å². The summed E-state index contributed by atoms with van der Waals surface area (Å²) in [5.74, 6) is -0.442. The number of hydrogen-bond acceptors (Lipinski definition) is 5.